The van der Waals surface area contributed by atoms with Crippen molar-refractivity contribution in [1.82, 2.24) is 5.32 Å². The molecule has 0 aliphatic carbocycles. The molecule has 0 spiro atoms. The molecule has 0 aliphatic heterocycles. The Morgan fingerprint density at radius 1 is 1.29 bits per heavy atom. The number of rotatable bonds is 8. The zero-order valence-electron chi connectivity index (χ0n) is 14.1. The van der Waals surface area contributed by atoms with Crippen molar-refractivity contribution in [3.63, 3.8) is 0 Å². The third kappa shape index (κ3) is 7.85. The van der Waals surface area contributed by atoms with Crippen molar-refractivity contribution < 1.29 is 4.74 Å². The van der Waals surface area contributed by atoms with E-state index in [-0.39, 0.29) is 5.54 Å². The maximum atomic E-state index is 6.11. The van der Waals surface area contributed by atoms with Crippen LogP contribution in [-0.4, -0.2) is 25.8 Å². The first-order valence-corrected chi connectivity index (χ1v) is 8.18. The fourth-order valence-corrected chi connectivity index (χ4v) is 2.63. The second-order valence-corrected chi connectivity index (χ2v) is 7.42. The van der Waals surface area contributed by atoms with Gasteiger partial charge in [-0.2, -0.15) is 0 Å². The monoisotopic (exact) mass is 311 g/mol. The van der Waals surface area contributed by atoms with Gasteiger partial charge in [-0.3, -0.25) is 0 Å². The van der Waals surface area contributed by atoms with Crippen LogP contribution in [0.25, 0.3) is 0 Å². The quantitative estimate of drug-likeness (QED) is 0.760. The van der Waals surface area contributed by atoms with Crippen LogP contribution in [0, 0.1) is 11.8 Å². The highest BCUT2D eigenvalue weighted by Crippen LogP contribution is 2.22. The Morgan fingerprint density at radius 3 is 2.57 bits per heavy atom. The lowest BCUT2D eigenvalue weighted by Crippen LogP contribution is -2.41. The fraction of sp³-hybridized carbons (Fsp3) is 0.667. The van der Waals surface area contributed by atoms with E-state index in [1.54, 1.807) is 7.11 Å². The number of methoxy groups -OCH3 is 1. The van der Waals surface area contributed by atoms with E-state index < -0.39 is 0 Å². The molecule has 0 radical (unpaired) electrons. The molecule has 3 heteroatoms. The molecule has 1 aromatic carbocycles. The van der Waals surface area contributed by atoms with Crippen molar-refractivity contribution in [3.8, 4) is 0 Å². The van der Waals surface area contributed by atoms with E-state index in [1.165, 1.54) is 5.56 Å². The number of hydrogen-bond acceptors (Lipinski definition) is 2. The van der Waals surface area contributed by atoms with E-state index in [9.17, 15) is 0 Å². The molecule has 21 heavy (non-hydrogen) atoms. The zero-order chi connectivity index (χ0) is 15.9. The normalized spacial score (nSPS) is 15.0. The standard InChI is InChI=1S/C18H30ClNO/c1-14(9-10-21-5)16(13-20-18(2,3)4)11-15-7-6-8-17(19)12-15/h6-8,12,14,16,20H,9-11,13H2,1-5H3. The molecule has 0 amide bonds. The van der Waals surface area contributed by atoms with Gasteiger partial charge >= 0.3 is 0 Å². The highest BCUT2D eigenvalue weighted by atomic mass is 35.5. The average molecular weight is 312 g/mol. The number of halogens is 1. The Morgan fingerprint density at radius 2 is 2.00 bits per heavy atom. The van der Waals surface area contributed by atoms with Crippen LogP contribution in [0.15, 0.2) is 24.3 Å². The molecule has 0 bridgehead atoms. The van der Waals surface area contributed by atoms with Crippen LogP contribution in [-0.2, 0) is 11.2 Å². The Labute approximate surface area is 135 Å². The van der Waals surface area contributed by atoms with Gasteiger partial charge in [0.05, 0.1) is 0 Å². The first-order chi connectivity index (χ1) is 9.81. The third-order valence-electron chi connectivity index (χ3n) is 3.86. The molecule has 0 fully saturated rings. The average Bonchev–Trinajstić information content (AvgIpc) is 2.39. The van der Waals surface area contributed by atoms with E-state index in [0.717, 1.165) is 31.0 Å². The van der Waals surface area contributed by atoms with E-state index >= 15 is 0 Å². The minimum atomic E-state index is 0.146. The number of benzene rings is 1. The molecule has 1 aromatic rings. The van der Waals surface area contributed by atoms with Gasteiger partial charge in [-0.25, -0.2) is 0 Å². The Balaban J connectivity index is 2.70. The van der Waals surface area contributed by atoms with Gasteiger partial charge in [-0.05, 0) is 69.7 Å². The van der Waals surface area contributed by atoms with Crippen molar-refractivity contribution in [1.29, 1.82) is 0 Å². The molecule has 1 N–H and O–H groups in total. The minimum absolute atomic E-state index is 0.146. The van der Waals surface area contributed by atoms with Crippen LogP contribution in [0.1, 0.15) is 39.7 Å². The summed E-state index contributed by atoms with van der Waals surface area (Å²) in [5.74, 6) is 1.19. The van der Waals surface area contributed by atoms with Crippen molar-refractivity contribution in [3.05, 3.63) is 34.9 Å². The van der Waals surface area contributed by atoms with E-state index in [1.807, 2.05) is 12.1 Å². The van der Waals surface area contributed by atoms with Gasteiger partial charge in [-0.1, -0.05) is 30.7 Å². The second-order valence-electron chi connectivity index (χ2n) is 6.98. The lowest BCUT2D eigenvalue weighted by atomic mass is 9.85. The lowest BCUT2D eigenvalue weighted by molar-refractivity contribution is 0.161. The number of nitrogens with one attached hydrogen (secondary N) is 1. The van der Waals surface area contributed by atoms with Gasteiger partial charge < -0.3 is 10.1 Å². The van der Waals surface area contributed by atoms with E-state index in [2.05, 4.69) is 45.1 Å². The summed E-state index contributed by atoms with van der Waals surface area (Å²) in [6.45, 7) is 10.8. The van der Waals surface area contributed by atoms with Crippen LogP contribution >= 0.6 is 11.6 Å². The first-order valence-electron chi connectivity index (χ1n) is 7.80. The van der Waals surface area contributed by atoms with Gasteiger partial charge in [0.1, 0.15) is 0 Å². The molecule has 2 unspecified atom stereocenters. The lowest BCUT2D eigenvalue weighted by Gasteiger charge is -2.29. The maximum Gasteiger partial charge on any atom is 0.0464 e. The smallest absolute Gasteiger partial charge is 0.0464 e. The molecule has 0 saturated heterocycles. The largest absolute Gasteiger partial charge is 0.385 e. The highest BCUT2D eigenvalue weighted by Gasteiger charge is 2.20. The molecule has 1 rings (SSSR count). The van der Waals surface area contributed by atoms with Crippen LogP contribution in [0.5, 0.6) is 0 Å². The van der Waals surface area contributed by atoms with Gasteiger partial charge in [0.15, 0.2) is 0 Å². The Bertz CT molecular complexity index is 414. The van der Waals surface area contributed by atoms with Crippen LogP contribution in [0.4, 0.5) is 0 Å². The SMILES string of the molecule is COCCC(C)C(CNC(C)(C)C)Cc1cccc(Cl)c1. The summed E-state index contributed by atoms with van der Waals surface area (Å²) in [5.41, 5.74) is 1.46. The third-order valence-corrected chi connectivity index (χ3v) is 4.10. The van der Waals surface area contributed by atoms with Crippen molar-refractivity contribution >= 4 is 11.6 Å². The summed E-state index contributed by atoms with van der Waals surface area (Å²) in [6.07, 6.45) is 2.14. The van der Waals surface area contributed by atoms with E-state index in [0.29, 0.717) is 11.8 Å². The summed E-state index contributed by atoms with van der Waals surface area (Å²) < 4.78 is 5.24. The topological polar surface area (TPSA) is 21.3 Å². The van der Waals surface area contributed by atoms with Gasteiger partial charge in [0.2, 0.25) is 0 Å². The van der Waals surface area contributed by atoms with Crippen LogP contribution < -0.4 is 5.32 Å². The molecule has 2 atom stereocenters. The van der Waals surface area contributed by atoms with Gasteiger partial charge in [-0.15, -0.1) is 0 Å². The Kier molecular flexibility index (Phi) is 7.72. The first kappa shape index (κ1) is 18.5. The van der Waals surface area contributed by atoms with Gasteiger partial charge in [0.25, 0.3) is 0 Å². The molecular formula is C18H30ClNO. The Hall–Kier alpha value is -0.570. The summed E-state index contributed by atoms with van der Waals surface area (Å²) in [7, 11) is 1.77. The predicted molar refractivity (Wildman–Crippen MR) is 92.1 cm³/mol. The minimum Gasteiger partial charge on any atom is -0.385 e. The van der Waals surface area contributed by atoms with Crippen LogP contribution in [0.3, 0.4) is 0 Å². The maximum absolute atomic E-state index is 6.11. The molecule has 0 aliphatic rings. The predicted octanol–water partition coefficient (Wildman–Crippen LogP) is 4.56. The molecule has 2 nitrogen and oxygen atoms in total. The van der Waals surface area contributed by atoms with Crippen molar-refractivity contribution in [2.45, 2.75) is 46.1 Å². The second kappa shape index (κ2) is 8.77. The van der Waals surface area contributed by atoms with E-state index in [4.69, 9.17) is 16.3 Å². The summed E-state index contributed by atoms with van der Waals surface area (Å²) in [4.78, 5) is 0. The van der Waals surface area contributed by atoms with Gasteiger partial charge in [0, 0.05) is 24.3 Å². The summed E-state index contributed by atoms with van der Waals surface area (Å²) in [5, 5.41) is 4.46. The molecular weight excluding hydrogens is 282 g/mol. The summed E-state index contributed by atoms with van der Waals surface area (Å²) in [6, 6.07) is 8.21. The number of hydrogen-bond donors (Lipinski definition) is 1. The molecule has 120 valence electrons. The number of ether oxygens (including phenoxy) is 1. The summed E-state index contributed by atoms with van der Waals surface area (Å²) >= 11 is 6.11. The zero-order valence-corrected chi connectivity index (χ0v) is 14.8. The van der Waals surface area contributed by atoms with Crippen molar-refractivity contribution in [2.24, 2.45) is 11.8 Å². The highest BCUT2D eigenvalue weighted by molar-refractivity contribution is 6.30. The molecule has 0 heterocycles. The molecule has 0 saturated carbocycles. The fourth-order valence-electron chi connectivity index (χ4n) is 2.42. The van der Waals surface area contributed by atoms with Crippen LogP contribution in [0.2, 0.25) is 5.02 Å². The molecule has 0 aromatic heterocycles. The van der Waals surface area contributed by atoms with Crippen molar-refractivity contribution in [2.75, 3.05) is 20.3 Å².